The van der Waals surface area contributed by atoms with Crippen LogP contribution in [0, 0.1) is 0 Å². The van der Waals surface area contributed by atoms with E-state index in [-0.39, 0.29) is 25.1 Å². The van der Waals surface area contributed by atoms with Gasteiger partial charge >= 0.3 is 0 Å². The summed E-state index contributed by atoms with van der Waals surface area (Å²) in [6, 6.07) is 21.2. The maximum atomic E-state index is 12.4. The Kier molecular flexibility index (Phi) is 8.40. The van der Waals surface area contributed by atoms with Crippen molar-refractivity contribution in [2.24, 2.45) is 0 Å². The molecule has 1 amide bonds. The van der Waals surface area contributed by atoms with Gasteiger partial charge in [-0.2, -0.15) is 0 Å². The van der Waals surface area contributed by atoms with Crippen molar-refractivity contribution in [3.63, 3.8) is 0 Å². The van der Waals surface area contributed by atoms with E-state index in [0.717, 1.165) is 16.3 Å². The predicted molar refractivity (Wildman–Crippen MR) is 135 cm³/mol. The number of nitrogens with zero attached hydrogens (tertiary/aromatic N) is 1. The highest BCUT2D eigenvalue weighted by molar-refractivity contribution is 9.10. The number of sulfonamides is 1. The zero-order valence-electron chi connectivity index (χ0n) is 18.2. The molecular weight excluding hydrogens is 528 g/mol. The number of carbonyl (C=O) groups is 1. The SMILES string of the molecule is CC(NC(=O)COc1ccc(N(Cc2ccccc2Cl)S(C)(=O)=O)cc1)c1cccc(Br)c1. The quantitative estimate of drug-likeness (QED) is 0.390. The lowest BCUT2D eigenvalue weighted by Crippen LogP contribution is -2.31. The van der Waals surface area contributed by atoms with Crippen molar-refractivity contribution in [2.45, 2.75) is 19.5 Å². The fraction of sp³-hybridized carbons (Fsp3) is 0.208. The third-order valence-corrected chi connectivity index (χ3v) is 6.90. The molecule has 33 heavy (non-hydrogen) atoms. The maximum Gasteiger partial charge on any atom is 0.258 e. The van der Waals surface area contributed by atoms with Gasteiger partial charge in [-0.15, -0.1) is 0 Å². The van der Waals surface area contributed by atoms with E-state index >= 15 is 0 Å². The normalized spacial score (nSPS) is 12.1. The van der Waals surface area contributed by atoms with Crippen molar-refractivity contribution in [3.05, 3.63) is 93.4 Å². The summed E-state index contributed by atoms with van der Waals surface area (Å²) in [6.07, 6.45) is 1.14. The van der Waals surface area contributed by atoms with E-state index in [2.05, 4.69) is 21.2 Å². The molecule has 3 aromatic rings. The first-order chi connectivity index (χ1) is 15.6. The average molecular weight is 552 g/mol. The highest BCUT2D eigenvalue weighted by Gasteiger charge is 2.19. The van der Waals surface area contributed by atoms with E-state index in [1.54, 1.807) is 48.5 Å². The summed E-state index contributed by atoms with van der Waals surface area (Å²) < 4.78 is 32.6. The lowest BCUT2D eigenvalue weighted by Gasteiger charge is -2.23. The van der Waals surface area contributed by atoms with Crippen molar-refractivity contribution < 1.29 is 17.9 Å². The second-order valence-electron chi connectivity index (χ2n) is 7.49. The standard InChI is InChI=1S/C24H24BrClN2O4S/c1-17(18-7-5-8-20(25)14-18)27-24(29)16-32-22-12-10-21(11-13-22)28(33(2,30)31)15-19-6-3-4-9-23(19)26/h3-14,17H,15-16H2,1-2H3,(H,27,29). The van der Waals surface area contributed by atoms with E-state index in [1.807, 2.05) is 31.2 Å². The van der Waals surface area contributed by atoms with Gasteiger partial charge in [-0.1, -0.05) is 57.9 Å². The Morgan fingerprint density at radius 1 is 1.09 bits per heavy atom. The van der Waals surface area contributed by atoms with Crippen LogP contribution in [-0.2, 0) is 21.4 Å². The molecule has 1 atom stereocenters. The van der Waals surface area contributed by atoms with Gasteiger partial charge in [0.15, 0.2) is 6.61 Å². The van der Waals surface area contributed by atoms with Crippen molar-refractivity contribution in [1.29, 1.82) is 0 Å². The second kappa shape index (κ2) is 11.0. The highest BCUT2D eigenvalue weighted by Crippen LogP contribution is 2.26. The smallest absolute Gasteiger partial charge is 0.258 e. The Morgan fingerprint density at radius 3 is 2.42 bits per heavy atom. The minimum Gasteiger partial charge on any atom is -0.484 e. The van der Waals surface area contributed by atoms with Gasteiger partial charge in [0.1, 0.15) is 5.75 Å². The molecule has 3 aromatic carbocycles. The van der Waals surface area contributed by atoms with Crippen molar-refractivity contribution in [2.75, 3.05) is 17.2 Å². The summed E-state index contributed by atoms with van der Waals surface area (Å²) in [5, 5.41) is 3.39. The maximum absolute atomic E-state index is 12.4. The lowest BCUT2D eigenvalue weighted by molar-refractivity contribution is -0.123. The van der Waals surface area contributed by atoms with E-state index in [1.165, 1.54) is 4.31 Å². The van der Waals surface area contributed by atoms with Crippen molar-refractivity contribution >= 4 is 49.1 Å². The Balaban J connectivity index is 1.62. The molecule has 0 aliphatic heterocycles. The number of anilines is 1. The molecule has 1 unspecified atom stereocenters. The largest absolute Gasteiger partial charge is 0.484 e. The number of hydrogen-bond donors (Lipinski definition) is 1. The molecule has 9 heteroatoms. The van der Waals surface area contributed by atoms with Gasteiger partial charge in [-0.25, -0.2) is 8.42 Å². The number of amides is 1. The number of hydrogen-bond acceptors (Lipinski definition) is 4. The Bertz CT molecular complexity index is 1220. The molecule has 0 saturated heterocycles. The first kappa shape index (κ1) is 25.1. The zero-order valence-corrected chi connectivity index (χ0v) is 21.3. The molecule has 3 rings (SSSR count). The van der Waals surface area contributed by atoms with Gasteiger partial charge in [0, 0.05) is 9.50 Å². The molecule has 0 radical (unpaired) electrons. The fourth-order valence-corrected chi connectivity index (χ4v) is 4.67. The van der Waals surface area contributed by atoms with Crippen molar-refractivity contribution in [3.8, 4) is 5.75 Å². The van der Waals surface area contributed by atoms with E-state index < -0.39 is 10.0 Å². The average Bonchev–Trinajstić information content (AvgIpc) is 2.77. The van der Waals surface area contributed by atoms with Crippen LogP contribution in [-0.4, -0.2) is 27.2 Å². The van der Waals surface area contributed by atoms with Crippen LogP contribution in [0.5, 0.6) is 5.75 Å². The van der Waals surface area contributed by atoms with Crippen LogP contribution in [0.4, 0.5) is 5.69 Å². The van der Waals surface area contributed by atoms with Crippen LogP contribution in [0.1, 0.15) is 24.1 Å². The monoisotopic (exact) mass is 550 g/mol. The van der Waals surface area contributed by atoms with Crippen LogP contribution in [0.25, 0.3) is 0 Å². The Labute approximate surface area is 207 Å². The number of rotatable bonds is 9. The Hall–Kier alpha value is -2.55. The molecule has 0 fully saturated rings. The first-order valence-electron chi connectivity index (χ1n) is 10.1. The van der Waals surface area contributed by atoms with Gasteiger partial charge in [-0.05, 0) is 60.5 Å². The molecule has 174 valence electrons. The minimum absolute atomic E-state index is 0.106. The predicted octanol–water partition coefficient (Wildman–Crippen LogP) is 5.32. The summed E-state index contributed by atoms with van der Waals surface area (Å²) in [4.78, 5) is 12.3. The second-order valence-corrected chi connectivity index (χ2v) is 10.7. The van der Waals surface area contributed by atoms with Gasteiger partial charge in [0.25, 0.3) is 5.91 Å². The summed E-state index contributed by atoms with van der Waals surface area (Å²) in [7, 11) is -3.55. The van der Waals surface area contributed by atoms with Crippen LogP contribution in [0.15, 0.2) is 77.3 Å². The molecule has 0 heterocycles. The molecule has 6 nitrogen and oxygen atoms in total. The highest BCUT2D eigenvalue weighted by atomic mass is 79.9. The van der Waals surface area contributed by atoms with Gasteiger partial charge in [-0.3, -0.25) is 9.10 Å². The molecule has 0 aromatic heterocycles. The van der Waals surface area contributed by atoms with E-state index in [4.69, 9.17) is 16.3 Å². The van der Waals surface area contributed by atoms with E-state index in [9.17, 15) is 13.2 Å². The number of ether oxygens (including phenoxy) is 1. The van der Waals surface area contributed by atoms with Crippen LogP contribution < -0.4 is 14.4 Å². The van der Waals surface area contributed by atoms with Crippen LogP contribution >= 0.6 is 27.5 Å². The number of nitrogens with one attached hydrogen (secondary N) is 1. The molecule has 0 saturated carbocycles. The third-order valence-electron chi connectivity index (χ3n) is 4.89. The zero-order chi connectivity index (χ0) is 24.0. The lowest BCUT2D eigenvalue weighted by atomic mass is 10.1. The topological polar surface area (TPSA) is 75.7 Å². The summed E-state index contributed by atoms with van der Waals surface area (Å²) in [6.45, 7) is 1.84. The third kappa shape index (κ3) is 7.22. The van der Waals surface area contributed by atoms with Crippen molar-refractivity contribution in [1.82, 2.24) is 5.32 Å². The minimum atomic E-state index is -3.55. The van der Waals surface area contributed by atoms with Gasteiger partial charge < -0.3 is 10.1 Å². The summed E-state index contributed by atoms with van der Waals surface area (Å²) in [5.74, 6) is 0.193. The molecule has 0 bridgehead atoms. The molecule has 0 spiro atoms. The van der Waals surface area contributed by atoms with Gasteiger partial charge in [0.2, 0.25) is 10.0 Å². The molecule has 1 N–H and O–H groups in total. The van der Waals surface area contributed by atoms with Crippen LogP contribution in [0.2, 0.25) is 5.02 Å². The van der Waals surface area contributed by atoms with Gasteiger partial charge in [0.05, 0.1) is 24.5 Å². The molecule has 0 aliphatic rings. The van der Waals surface area contributed by atoms with Crippen LogP contribution in [0.3, 0.4) is 0 Å². The summed E-state index contributed by atoms with van der Waals surface area (Å²) in [5.41, 5.74) is 2.14. The van der Waals surface area contributed by atoms with E-state index in [0.29, 0.717) is 22.0 Å². The molecule has 0 aliphatic carbocycles. The fourth-order valence-electron chi connectivity index (χ4n) is 3.18. The molecular formula is C24H24BrClN2O4S. The number of halogens is 2. The first-order valence-corrected chi connectivity index (χ1v) is 13.1. The summed E-state index contributed by atoms with van der Waals surface area (Å²) >= 11 is 9.63. The Morgan fingerprint density at radius 2 is 1.79 bits per heavy atom. The number of carbonyl (C=O) groups excluding carboxylic acids is 1. The number of benzene rings is 3.